The summed E-state index contributed by atoms with van der Waals surface area (Å²) >= 11 is 1.51. The van der Waals surface area contributed by atoms with Crippen molar-refractivity contribution in [2.24, 2.45) is 0 Å². The minimum absolute atomic E-state index is 0.0411. The summed E-state index contributed by atoms with van der Waals surface area (Å²) in [6, 6.07) is 14.6. The fourth-order valence-corrected chi connectivity index (χ4v) is 5.82. The molecule has 0 spiro atoms. The quantitative estimate of drug-likeness (QED) is 0.924. The molecule has 3 nitrogen and oxygen atoms in total. The Bertz CT molecular complexity index is 709. The maximum Gasteiger partial charge on any atom is 0.183 e. The number of rotatable bonds is 2. The Balaban J connectivity index is 2.02. The first kappa shape index (κ1) is 12.6. The monoisotopic (exact) mass is 292 g/mol. The summed E-state index contributed by atoms with van der Waals surface area (Å²) < 4.78 is 24.2. The molecule has 2 aromatic rings. The Morgan fingerprint density at radius 2 is 1.79 bits per heavy atom. The van der Waals surface area contributed by atoms with Crippen LogP contribution in [0.25, 0.3) is 0 Å². The molecule has 1 N–H and O–H groups in total. The summed E-state index contributed by atoms with van der Waals surface area (Å²) in [6.45, 7) is 0. The fourth-order valence-electron chi connectivity index (χ4n) is 2.27. The van der Waals surface area contributed by atoms with Gasteiger partial charge in [0.15, 0.2) is 9.84 Å². The zero-order valence-electron chi connectivity index (χ0n) is 9.98. The van der Waals surface area contributed by atoms with Gasteiger partial charge in [-0.15, -0.1) is 11.8 Å². The summed E-state index contributed by atoms with van der Waals surface area (Å²) in [5.74, 6) is -0.104. The number of thioether (sulfide) groups is 1. The lowest BCUT2D eigenvalue weighted by atomic mass is 10.1. The Hall–Kier alpha value is -1.46. The molecule has 0 saturated carbocycles. The van der Waals surface area contributed by atoms with E-state index in [1.54, 1.807) is 12.1 Å². The van der Waals surface area contributed by atoms with Crippen molar-refractivity contribution in [3.05, 3.63) is 54.1 Å². The molecular formula is C14H12O3S2. The lowest BCUT2D eigenvalue weighted by Crippen LogP contribution is -2.01. The average Bonchev–Trinajstić information content (AvgIpc) is 2.63. The first-order chi connectivity index (χ1) is 9.08. The minimum atomic E-state index is -3.38. The van der Waals surface area contributed by atoms with Crippen LogP contribution < -0.4 is 0 Å². The van der Waals surface area contributed by atoms with Crippen molar-refractivity contribution in [2.45, 2.75) is 15.0 Å². The Morgan fingerprint density at radius 1 is 1.05 bits per heavy atom. The van der Waals surface area contributed by atoms with Crippen molar-refractivity contribution in [3.63, 3.8) is 0 Å². The van der Waals surface area contributed by atoms with Gasteiger partial charge in [-0.1, -0.05) is 30.3 Å². The first-order valence-corrected chi connectivity index (χ1v) is 8.37. The van der Waals surface area contributed by atoms with E-state index in [9.17, 15) is 13.5 Å². The van der Waals surface area contributed by atoms with Crippen molar-refractivity contribution in [1.82, 2.24) is 0 Å². The van der Waals surface area contributed by atoms with Crippen LogP contribution in [0.1, 0.15) is 10.8 Å². The third kappa shape index (κ3) is 2.24. The molecule has 3 rings (SSSR count). The van der Waals surface area contributed by atoms with Crippen LogP contribution in [-0.2, 0) is 9.84 Å². The molecule has 2 aromatic carbocycles. The lowest BCUT2D eigenvalue weighted by molar-refractivity contribution is 0.459. The summed E-state index contributed by atoms with van der Waals surface area (Å²) in [4.78, 5) is 1.13. The second-order valence-electron chi connectivity index (χ2n) is 4.40. The first-order valence-electron chi connectivity index (χ1n) is 5.84. The predicted octanol–water partition coefficient (Wildman–Crippen LogP) is 3.01. The lowest BCUT2D eigenvalue weighted by Gasteiger charge is -2.09. The normalized spacial score (nSPS) is 20.1. The Kier molecular flexibility index (Phi) is 3.03. The molecular weight excluding hydrogens is 280 g/mol. The molecule has 98 valence electrons. The van der Waals surface area contributed by atoms with Crippen LogP contribution in [0.4, 0.5) is 0 Å². The highest BCUT2D eigenvalue weighted by atomic mass is 32.2. The van der Waals surface area contributed by atoms with Crippen LogP contribution in [0.15, 0.2) is 58.3 Å². The smallest absolute Gasteiger partial charge is 0.183 e. The highest BCUT2D eigenvalue weighted by molar-refractivity contribution is 8.01. The van der Waals surface area contributed by atoms with E-state index in [-0.39, 0.29) is 21.6 Å². The third-order valence-corrected chi connectivity index (χ3v) is 6.37. The molecule has 1 atom stereocenters. The largest absolute Gasteiger partial charge is 0.507 e. The van der Waals surface area contributed by atoms with E-state index in [0.717, 1.165) is 4.90 Å². The van der Waals surface area contributed by atoms with E-state index in [1.165, 1.54) is 17.8 Å². The van der Waals surface area contributed by atoms with E-state index < -0.39 is 9.84 Å². The van der Waals surface area contributed by atoms with Gasteiger partial charge >= 0.3 is 0 Å². The highest BCUT2D eigenvalue weighted by Crippen LogP contribution is 2.47. The zero-order chi connectivity index (χ0) is 13.5. The number of phenolic OH excluding ortho intramolecular Hbond substituents is 1. The van der Waals surface area contributed by atoms with E-state index in [4.69, 9.17) is 0 Å². The van der Waals surface area contributed by atoms with Crippen LogP contribution in [0, 0.1) is 0 Å². The Labute approximate surface area is 116 Å². The van der Waals surface area contributed by atoms with E-state index in [2.05, 4.69) is 0 Å². The SMILES string of the molecule is O=S1(=O)CC(Sc2ccccc2)c2cccc(O)c21. The Morgan fingerprint density at radius 3 is 2.53 bits per heavy atom. The molecule has 0 bridgehead atoms. The standard InChI is InChI=1S/C14H12O3S2/c15-12-8-4-7-11-13(9-19(16,17)14(11)12)18-10-5-2-1-3-6-10/h1-8,13,15H,9H2. The summed E-state index contributed by atoms with van der Waals surface area (Å²) in [7, 11) is -3.38. The number of fused-ring (bicyclic) bond motifs is 1. The highest BCUT2D eigenvalue weighted by Gasteiger charge is 2.37. The van der Waals surface area contributed by atoms with Gasteiger partial charge in [0.1, 0.15) is 10.6 Å². The van der Waals surface area contributed by atoms with Crippen molar-refractivity contribution < 1.29 is 13.5 Å². The van der Waals surface area contributed by atoms with Gasteiger partial charge in [-0.2, -0.15) is 0 Å². The molecule has 1 aliphatic rings. The third-order valence-electron chi connectivity index (χ3n) is 3.07. The molecule has 0 aliphatic carbocycles. The number of sulfone groups is 1. The summed E-state index contributed by atoms with van der Waals surface area (Å²) in [5, 5.41) is 9.60. The van der Waals surface area contributed by atoms with E-state index in [0.29, 0.717) is 5.56 Å². The van der Waals surface area contributed by atoms with Gasteiger partial charge in [0.2, 0.25) is 0 Å². The van der Waals surface area contributed by atoms with Gasteiger partial charge in [-0.25, -0.2) is 8.42 Å². The van der Waals surface area contributed by atoms with E-state index in [1.807, 2.05) is 30.3 Å². The van der Waals surface area contributed by atoms with Crippen LogP contribution in [-0.4, -0.2) is 19.3 Å². The van der Waals surface area contributed by atoms with Crippen LogP contribution in [0.5, 0.6) is 5.75 Å². The molecule has 1 heterocycles. The summed E-state index contributed by atoms with van der Waals surface area (Å²) in [5.41, 5.74) is 0.703. The van der Waals surface area contributed by atoms with Gasteiger partial charge in [0.05, 0.1) is 11.0 Å². The van der Waals surface area contributed by atoms with Gasteiger partial charge in [0.25, 0.3) is 0 Å². The second-order valence-corrected chi connectivity index (χ2v) is 7.64. The van der Waals surface area contributed by atoms with Gasteiger partial charge in [-0.05, 0) is 23.8 Å². The predicted molar refractivity (Wildman–Crippen MR) is 75.2 cm³/mol. The van der Waals surface area contributed by atoms with Crippen LogP contribution >= 0.6 is 11.8 Å². The second kappa shape index (κ2) is 4.58. The molecule has 0 aromatic heterocycles. The van der Waals surface area contributed by atoms with Gasteiger partial charge in [-0.3, -0.25) is 0 Å². The maximum atomic E-state index is 12.1. The molecule has 1 aliphatic heterocycles. The molecule has 0 radical (unpaired) electrons. The maximum absolute atomic E-state index is 12.1. The topological polar surface area (TPSA) is 54.4 Å². The average molecular weight is 292 g/mol. The van der Waals surface area contributed by atoms with Crippen molar-refractivity contribution in [3.8, 4) is 5.75 Å². The molecule has 0 amide bonds. The molecule has 0 saturated heterocycles. The van der Waals surface area contributed by atoms with Gasteiger partial charge in [0, 0.05) is 4.90 Å². The van der Waals surface area contributed by atoms with Crippen molar-refractivity contribution in [1.29, 1.82) is 0 Å². The number of hydrogen-bond acceptors (Lipinski definition) is 4. The molecule has 19 heavy (non-hydrogen) atoms. The van der Waals surface area contributed by atoms with Crippen LogP contribution in [0.2, 0.25) is 0 Å². The number of hydrogen-bond donors (Lipinski definition) is 1. The van der Waals surface area contributed by atoms with Crippen LogP contribution in [0.3, 0.4) is 0 Å². The van der Waals surface area contributed by atoms with Gasteiger partial charge < -0.3 is 5.11 Å². The number of benzene rings is 2. The number of aromatic hydroxyl groups is 1. The van der Waals surface area contributed by atoms with Crippen molar-refractivity contribution >= 4 is 21.6 Å². The number of phenols is 1. The van der Waals surface area contributed by atoms with Crippen molar-refractivity contribution in [2.75, 3.05) is 5.75 Å². The molecule has 1 unspecified atom stereocenters. The van der Waals surface area contributed by atoms with E-state index >= 15 is 0 Å². The molecule has 5 heteroatoms. The minimum Gasteiger partial charge on any atom is -0.507 e. The zero-order valence-corrected chi connectivity index (χ0v) is 11.6. The molecule has 0 fully saturated rings. The summed E-state index contributed by atoms with van der Waals surface area (Å²) in [6.07, 6.45) is 0. The fraction of sp³-hybridized carbons (Fsp3) is 0.143.